The van der Waals surface area contributed by atoms with E-state index in [1.165, 1.54) is 0 Å². The summed E-state index contributed by atoms with van der Waals surface area (Å²) < 4.78 is 8.64. The van der Waals surface area contributed by atoms with Gasteiger partial charge in [0.15, 0.2) is 5.82 Å². The van der Waals surface area contributed by atoms with Crippen LogP contribution in [-0.2, 0) is 11.5 Å². The van der Waals surface area contributed by atoms with E-state index in [0.717, 1.165) is 64.3 Å². The lowest BCUT2D eigenvalue weighted by molar-refractivity contribution is -0.0204. The van der Waals surface area contributed by atoms with Gasteiger partial charge >= 0.3 is 6.09 Å². The van der Waals surface area contributed by atoms with Gasteiger partial charge in [0, 0.05) is 43.8 Å². The van der Waals surface area contributed by atoms with E-state index in [2.05, 4.69) is 88.8 Å². The van der Waals surface area contributed by atoms with Crippen molar-refractivity contribution in [3.63, 3.8) is 0 Å². The van der Waals surface area contributed by atoms with Crippen molar-refractivity contribution in [2.24, 2.45) is 5.41 Å². The number of fused-ring (bicyclic) bond motifs is 3. The number of hydrogen-bond donors (Lipinski definition) is 1. The molecule has 222 valence electrons. The van der Waals surface area contributed by atoms with Crippen molar-refractivity contribution in [1.82, 2.24) is 30.1 Å². The highest BCUT2D eigenvalue weighted by Gasteiger charge is 2.59. The SMILES string of the molecule is CN(c1ccc(-c2ccc(Br)c3nnn(COCC[Si](C)(C)C)c23)nn1)[C@H]1C[C@@H]2CC[C@](C(C)(C)C)(C1)N2C(=O)O. The lowest BCUT2D eigenvalue weighted by atomic mass is 9.67. The molecule has 10 nitrogen and oxygen atoms in total. The average molecular weight is 645 g/mol. The van der Waals surface area contributed by atoms with Gasteiger partial charge in [-0.2, -0.15) is 0 Å². The largest absolute Gasteiger partial charge is 0.465 e. The van der Waals surface area contributed by atoms with Gasteiger partial charge in [-0.15, -0.1) is 15.3 Å². The molecule has 1 N–H and O–H groups in total. The number of ether oxygens (including phenoxy) is 1. The second-order valence-electron chi connectivity index (χ2n) is 13.8. The van der Waals surface area contributed by atoms with Crippen molar-refractivity contribution in [2.45, 2.75) is 96.5 Å². The Labute approximate surface area is 251 Å². The summed E-state index contributed by atoms with van der Waals surface area (Å²) in [5.74, 6) is 0.778. The van der Waals surface area contributed by atoms with Crippen LogP contribution < -0.4 is 4.90 Å². The zero-order chi connectivity index (χ0) is 29.7. The Kier molecular flexibility index (Phi) is 7.97. The molecular formula is C29H42BrN7O3Si. The lowest BCUT2D eigenvalue weighted by Gasteiger charge is -2.54. The van der Waals surface area contributed by atoms with Gasteiger partial charge < -0.3 is 14.7 Å². The molecule has 2 aliphatic rings. The summed E-state index contributed by atoms with van der Waals surface area (Å²) >= 11 is 3.61. The zero-order valence-corrected chi connectivity index (χ0v) is 27.8. The molecule has 0 radical (unpaired) electrons. The molecule has 3 atom stereocenters. The summed E-state index contributed by atoms with van der Waals surface area (Å²) in [6.07, 6.45) is 2.56. The van der Waals surface area contributed by atoms with Crippen LogP contribution >= 0.6 is 15.9 Å². The van der Waals surface area contributed by atoms with Gasteiger partial charge in [-0.3, -0.25) is 4.90 Å². The molecule has 12 heteroatoms. The maximum atomic E-state index is 12.3. The van der Waals surface area contributed by atoms with Gasteiger partial charge in [0.2, 0.25) is 0 Å². The first-order valence-electron chi connectivity index (χ1n) is 14.4. The Bertz CT molecular complexity index is 1420. The highest BCUT2D eigenvalue weighted by Crippen LogP contribution is 2.54. The number of nitrogens with zero attached hydrogens (tertiary/aromatic N) is 7. The number of amides is 1. The summed E-state index contributed by atoms with van der Waals surface area (Å²) in [6, 6.07) is 9.25. The first-order chi connectivity index (χ1) is 19.2. The molecule has 2 fully saturated rings. The van der Waals surface area contributed by atoms with Crippen molar-refractivity contribution in [3.8, 4) is 11.3 Å². The monoisotopic (exact) mass is 643 g/mol. The summed E-state index contributed by atoms with van der Waals surface area (Å²) in [7, 11) is 0.863. The van der Waals surface area contributed by atoms with Gasteiger partial charge in [-0.05, 0) is 77.3 Å². The molecule has 1 amide bonds. The number of anilines is 1. The smallest absolute Gasteiger partial charge is 0.408 e. The van der Waals surface area contributed by atoms with E-state index in [4.69, 9.17) is 4.74 Å². The Morgan fingerprint density at radius 3 is 2.59 bits per heavy atom. The van der Waals surface area contributed by atoms with Crippen LogP contribution in [0, 0.1) is 5.41 Å². The maximum absolute atomic E-state index is 12.3. The molecule has 3 aromatic rings. The molecule has 2 aliphatic heterocycles. The minimum Gasteiger partial charge on any atom is -0.465 e. The molecule has 5 rings (SSSR count). The number of carbonyl (C=O) groups is 1. The molecule has 0 unspecified atom stereocenters. The third-order valence-electron chi connectivity index (χ3n) is 9.10. The van der Waals surface area contributed by atoms with Gasteiger partial charge in [-0.25, -0.2) is 9.48 Å². The van der Waals surface area contributed by atoms with Crippen LogP contribution in [0.5, 0.6) is 0 Å². The molecule has 2 saturated heterocycles. The molecule has 0 spiro atoms. The van der Waals surface area contributed by atoms with Crippen molar-refractivity contribution < 1.29 is 14.6 Å². The number of benzene rings is 1. The summed E-state index contributed by atoms with van der Waals surface area (Å²) in [5, 5.41) is 28.1. The molecule has 4 heterocycles. The Morgan fingerprint density at radius 1 is 1.20 bits per heavy atom. The van der Waals surface area contributed by atoms with E-state index in [-0.39, 0.29) is 23.0 Å². The average Bonchev–Trinajstić information content (AvgIpc) is 3.43. The third kappa shape index (κ3) is 5.62. The number of hydrogen-bond acceptors (Lipinski definition) is 7. The van der Waals surface area contributed by atoms with Crippen LogP contribution in [0.25, 0.3) is 22.3 Å². The number of rotatable bonds is 8. The zero-order valence-electron chi connectivity index (χ0n) is 25.2. The molecule has 2 bridgehead atoms. The predicted octanol–water partition coefficient (Wildman–Crippen LogP) is 6.49. The number of piperidine rings is 1. The molecule has 0 saturated carbocycles. The Hall–Kier alpha value is -2.57. The summed E-state index contributed by atoms with van der Waals surface area (Å²) in [6.45, 7) is 14.5. The molecule has 1 aromatic carbocycles. The predicted molar refractivity (Wildman–Crippen MR) is 167 cm³/mol. The van der Waals surface area contributed by atoms with Crippen molar-refractivity contribution in [2.75, 3.05) is 18.6 Å². The second kappa shape index (κ2) is 10.9. The van der Waals surface area contributed by atoms with E-state index < -0.39 is 14.2 Å². The fraction of sp³-hybridized carbons (Fsp3) is 0.621. The standard InChI is InChI=1S/C29H42BrN7O3Si/c1-28(2,3)29-13-12-19(37(29)27(38)39)16-20(17-29)35(4)24-11-10-23(31-32-24)21-8-9-22(30)25-26(21)36(34-33-25)18-40-14-15-41(5,6)7/h8-11,19-20H,12-18H2,1-7H3,(H,38,39)/t19-,20-,29+/m0/s1. The van der Waals surface area contributed by atoms with Crippen molar-refractivity contribution >= 4 is 46.9 Å². The van der Waals surface area contributed by atoms with Crippen LogP contribution in [0.1, 0.15) is 46.5 Å². The summed E-state index contributed by atoms with van der Waals surface area (Å²) in [5.41, 5.74) is 2.68. The Morgan fingerprint density at radius 2 is 1.95 bits per heavy atom. The van der Waals surface area contributed by atoms with E-state index >= 15 is 0 Å². The normalized spacial score (nSPS) is 22.9. The van der Waals surface area contributed by atoms with Crippen LogP contribution in [0.2, 0.25) is 25.7 Å². The van der Waals surface area contributed by atoms with Crippen LogP contribution in [0.3, 0.4) is 0 Å². The van der Waals surface area contributed by atoms with Crippen molar-refractivity contribution in [1.29, 1.82) is 0 Å². The number of carboxylic acid groups (broad SMARTS) is 1. The van der Waals surface area contributed by atoms with E-state index in [1.807, 2.05) is 24.3 Å². The first-order valence-corrected chi connectivity index (χ1v) is 18.9. The molecule has 41 heavy (non-hydrogen) atoms. The molecule has 0 aliphatic carbocycles. The van der Waals surface area contributed by atoms with Gasteiger partial charge in [0.25, 0.3) is 0 Å². The highest BCUT2D eigenvalue weighted by atomic mass is 79.9. The number of aromatic nitrogens is 5. The topological polar surface area (TPSA) is 110 Å². The van der Waals surface area contributed by atoms with Gasteiger partial charge in [0.05, 0.1) is 11.2 Å². The molecule has 2 aromatic heterocycles. The maximum Gasteiger partial charge on any atom is 0.408 e. The minimum atomic E-state index is -1.19. The van der Waals surface area contributed by atoms with Crippen LogP contribution in [0.15, 0.2) is 28.7 Å². The minimum absolute atomic E-state index is 0.0250. The first kappa shape index (κ1) is 29.9. The third-order valence-corrected chi connectivity index (χ3v) is 11.4. The number of halogens is 1. The van der Waals surface area contributed by atoms with E-state index in [0.29, 0.717) is 13.3 Å². The quantitative estimate of drug-likeness (QED) is 0.219. The molecular weight excluding hydrogens is 602 g/mol. The van der Waals surface area contributed by atoms with E-state index in [1.54, 1.807) is 9.58 Å². The fourth-order valence-electron chi connectivity index (χ4n) is 6.62. The van der Waals surface area contributed by atoms with Gasteiger partial charge in [-0.1, -0.05) is 45.6 Å². The van der Waals surface area contributed by atoms with E-state index in [9.17, 15) is 9.90 Å². The fourth-order valence-corrected chi connectivity index (χ4v) is 7.77. The van der Waals surface area contributed by atoms with Crippen LogP contribution in [0.4, 0.5) is 10.6 Å². The summed E-state index contributed by atoms with van der Waals surface area (Å²) in [4.78, 5) is 16.2. The Balaban J connectivity index is 1.38. The lowest BCUT2D eigenvalue weighted by Crippen LogP contribution is -2.64. The van der Waals surface area contributed by atoms with Crippen molar-refractivity contribution in [3.05, 3.63) is 28.7 Å². The highest BCUT2D eigenvalue weighted by molar-refractivity contribution is 9.10. The second-order valence-corrected chi connectivity index (χ2v) is 20.3. The van der Waals surface area contributed by atoms with Gasteiger partial charge in [0.1, 0.15) is 17.8 Å². The van der Waals surface area contributed by atoms with Crippen LogP contribution in [-0.4, -0.2) is 80.6 Å².